The van der Waals surface area contributed by atoms with Crippen LogP contribution in [0.4, 0.5) is 0 Å². The first-order chi connectivity index (χ1) is 6.78. The molecule has 0 aromatic carbocycles. The van der Waals surface area contributed by atoms with Crippen LogP contribution in [0.2, 0.25) is 0 Å². The van der Waals surface area contributed by atoms with Gasteiger partial charge >= 0.3 is 0 Å². The van der Waals surface area contributed by atoms with Crippen LogP contribution in [0.1, 0.15) is 32.6 Å². The van der Waals surface area contributed by atoms with Crippen LogP contribution in [0.5, 0.6) is 0 Å². The molecule has 2 saturated carbocycles. The van der Waals surface area contributed by atoms with Crippen molar-refractivity contribution in [2.75, 3.05) is 26.2 Å². The molecule has 3 rings (SSSR count). The highest BCUT2D eigenvalue weighted by molar-refractivity contribution is 5.05. The van der Waals surface area contributed by atoms with E-state index < -0.39 is 0 Å². The number of piperazine rings is 1. The fourth-order valence-corrected chi connectivity index (χ4v) is 3.15. The minimum atomic E-state index is 0.707. The molecule has 1 heterocycles. The van der Waals surface area contributed by atoms with Gasteiger partial charge in [0.15, 0.2) is 0 Å². The maximum atomic E-state index is 3.52. The summed E-state index contributed by atoms with van der Waals surface area (Å²) in [6.45, 7) is 7.46. The molecular formula is C12H22N2. The smallest absolute Gasteiger partial charge is 0.0167 e. The second kappa shape index (κ2) is 3.21. The molecule has 0 radical (unpaired) electrons. The van der Waals surface area contributed by atoms with Crippen LogP contribution in [-0.4, -0.2) is 37.1 Å². The van der Waals surface area contributed by atoms with Gasteiger partial charge in [0.2, 0.25) is 0 Å². The van der Waals surface area contributed by atoms with E-state index in [4.69, 9.17) is 0 Å². The molecule has 80 valence electrons. The normalized spacial score (nSPS) is 37.1. The van der Waals surface area contributed by atoms with Crippen molar-refractivity contribution in [3.8, 4) is 0 Å². The Balaban J connectivity index is 1.55. The predicted octanol–water partition coefficient (Wildman–Crippen LogP) is 1.47. The lowest BCUT2D eigenvalue weighted by Gasteiger charge is -2.34. The van der Waals surface area contributed by atoms with E-state index in [1.54, 1.807) is 0 Å². The summed E-state index contributed by atoms with van der Waals surface area (Å²) in [5, 5.41) is 3.52. The van der Waals surface area contributed by atoms with E-state index in [1.807, 2.05) is 0 Å². The van der Waals surface area contributed by atoms with E-state index in [0.717, 1.165) is 11.3 Å². The van der Waals surface area contributed by atoms with Gasteiger partial charge in [-0.25, -0.2) is 0 Å². The largest absolute Gasteiger partial charge is 0.312 e. The minimum Gasteiger partial charge on any atom is -0.312 e. The monoisotopic (exact) mass is 194 g/mol. The molecule has 2 nitrogen and oxygen atoms in total. The fraction of sp³-hybridized carbons (Fsp3) is 1.00. The van der Waals surface area contributed by atoms with Crippen LogP contribution < -0.4 is 5.32 Å². The van der Waals surface area contributed by atoms with Crippen molar-refractivity contribution in [2.45, 2.75) is 38.6 Å². The Bertz CT molecular complexity index is 218. The van der Waals surface area contributed by atoms with Crippen molar-refractivity contribution >= 4 is 0 Å². The highest BCUT2D eigenvalue weighted by Crippen LogP contribution is 2.61. The second-order valence-electron chi connectivity index (χ2n) is 5.73. The predicted molar refractivity (Wildman–Crippen MR) is 58.3 cm³/mol. The molecule has 0 amide bonds. The van der Waals surface area contributed by atoms with Crippen LogP contribution in [0.25, 0.3) is 0 Å². The summed E-state index contributed by atoms with van der Waals surface area (Å²) in [4.78, 5) is 2.70. The van der Waals surface area contributed by atoms with Crippen LogP contribution in [-0.2, 0) is 0 Å². The molecule has 1 saturated heterocycles. The summed E-state index contributed by atoms with van der Waals surface area (Å²) in [5.41, 5.74) is 0.803. The number of hydrogen-bond donors (Lipinski definition) is 1. The van der Waals surface area contributed by atoms with Crippen molar-refractivity contribution in [2.24, 2.45) is 11.3 Å². The van der Waals surface area contributed by atoms with Gasteiger partial charge in [-0.05, 0) is 43.9 Å². The number of nitrogens with one attached hydrogen (secondary N) is 1. The topological polar surface area (TPSA) is 15.3 Å². The van der Waals surface area contributed by atoms with Gasteiger partial charge in [0.1, 0.15) is 0 Å². The van der Waals surface area contributed by atoms with Gasteiger partial charge in [0.25, 0.3) is 0 Å². The van der Waals surface area contributed by atoms with E-state index in [9.17, 15) is 0 Å². The van der Waals surface area contributed by atoms with Crippen LogP contribution >= 0.6 is 0 Å². The molecule has 0 aromatic rings. The van der Waals surface area contributed by atoms with Gasteiger partial charge in [-0.1, -0.05) is 0 Å². The first-order valence-electron chi connectivity index (χ1n) is 6.24. The molecule has 14 heavy (non-hydrogen) atoms. The zero-order valence-electron chi connectivity index (χ0n) is 9.26. The number of hydrogen-bond acceptors (Lipinski definition) is 2. The Labute approximate surface area is 87.0 Å². The molecule has 2 heteroatoms. The Hall–Kier alpha value is -0.0800. The van der Waals surface area contributed by atoms with Gasteiger partial charge < -0.3 is 5.32 Å². The van der Waals surface area contributed by atoms with Crippen LogP contribution in [0.3, 0.4) is 0 Å². The lowest BCUT2D eigenvalue weighted by molar-refractivity contribution is 0.161. The van der Waals surface area contributed by atoms with E-state index in [1.165, 1.54) is 51.9 Å². The molecule has 1 unspecified atom stereocenters. The molecular weight excluding hydrogens is 172 g/mol. The van der Waals surface area contributed by atoms with Gasteiger partial charge in [0, 0.05) is 32.2 Å². The van der Waals surface area contributed by atoms with E-state index in [-0.39, 0.29) is 0 Å². The maximum absolute atomic E-state index is 3.52. The van der Waals surface area contributed by atoms with Crippen LogP contribution in [0.15, 0.2) is 0 Å². The van der Waals surface area contributed by atoms with Crippen molar-refractivity contribution in [1.29, 1.82) is 0 Å². The second-order valence-corrected chi connectivity index (χ2v) is 5.73. The molecule has 0 aromatic heterocycles. The summed E-state index contributed by atoms with van der Waals surface area (Å²) < 4.78 is 0. The van der Waals surface area contributed by atoms with Crippen molar-refractivity contribution < 1.29 is 0 Å². The van der Waals surface area contributed by atoms with E-state index in [0.29, 0.717) is 6.04 Å². The third-order valence-electron chi connectivity index (χ3n) is 4.33. The Morgan fingerprint density at radius 2 is 2.14 bits per heavy atom. The molecule has 1 aliphatic heterocycles. The zero-order chi connectivity index (χ0) is 9.60. The summed E-state index contributed by atoms with van der Waals surface area (Å²) in [6, 6.07) is 0.707. The van der Waals surface area contributed by atoms with Gasteiger partial charge in [-0.15, -0.1) is 0 Å². The number of nitrogens with zero attached hydrogens (tertiary/aromatic N) is 1. The number of rotatable bonds is 3. The van der Waals surface area contributed by atoms with Gasteiger partial charge in [0.05, 0.1) is 0 Å². The maximum Gasteiger partial charge on any atom is 0.0167 e. The average molecular weight is 194 g/mol. The van der Waals surface area contributed by atoms with Gasteiger partial charge in [-0.2, -0.15) is 0 Å². The third kappa shape index (κ3) is 1.70. The SMILES string of the molecule is CC1CN(CC2(C3CC3)CC2)CCN1. The fourth-order valence-electron chi connectivity index (χ4n) is 3.15. The summed E-state index contributed by atoms with van der Waals surface area (Å²) in [5.74, 6) is 1.12. The highest BCUT2D eigenvalue weighted by Gasteiger charge is 2.54. The van der Waals surface area contributed by atoms with Crippen molar-refractivity contribution in [1.82, 2.24) is 10.2 Å². The van der Waals surface area contributed by atoms with Crippen LogP contribution in [0, 0.1) is 11.3 Å². The first-order valence-corrected chi connectivity index (χ1v) is 6.24. The highest BCUT2D eigenvalue weighted by atomic mass is 15.2. The van der Waals surface area contributed by atoms with Gasteiger partial charge in [-0.3, -0.25) is 4.90 Å². The molecule has 3 fully saturated rings. The molecule has 3 aliphatic rings. The lowest BCUT2D eigenvalue weighted by Crippen LogP contribution is -2.50. The Morgan fingerprint density at radius 3 is 2.71 bits per heavy atom. The van der Waals surface area contributed by atoms with Crippen molar-refractivity contribution in [3.63, 3.8) is 0 Å². The molecule has 1 N–H and O–H groups in total. The standard InChI is InChI=1S/C12H22N2/c1-10-8-14(7-6-13-10)9-12(4-5-12)11-2-3-11/h10-11,13H,2-9H2,1H3. The molecule has 1 atom stereocenters. The first kappa shape index (κ1) is 9.17. The summed E-state index contributed by atoms with van der Waals surface area (Å²) in [6.07, 6.45) is 6.11. The quantitative estimate of drug-likeness (QED) is 0.732. The zero-order valence-corrected chi connectivity index (χ0v) is 9.26. The summed E-state index contributed by atoms with van der Waals surface area (Å²) >= 11 is 0. The third-order valence-corrected chi connectivity index (χ3v) is 4.33. The van der Waals surface area contributed by atoms with E-state index in [2.05, 4.69) is 17.1 Å². The van der Waals surface area contributed by atoms with E-state index >= 15 is 0 Å². The Morgan fingerprint density at radius 1 is 1.36 bits per heavy atom. The molecule has 2 aliphatic carbocycles. The van der Waals surface area contributed by atoms with Crippen molar-refractivity contribution in [3.05, 3.63) is 0 Å². The molecule has 0 bridgehead atoms. The minimum absolute atomic E-state index is 0.707. The molecule has 0 spiro atoms. The summed E-state index contributed by atoms with van der Waals surface area (Å²) in [7, 11) is 0. The average Bonchev–Trinajstić information content (AvgIpc) is 2.99. The Kier molecular flexibility index (Phi) is 2.10. The lowest BCUT2D eigenvalue weighted by atomic mass is 9.99.